The van der Waals surface area contributed by atoms with E-state index in [1.54, 1.807) is 0 Å². The summed E-state index contributed by atoms with van der Waals surface area (Å²) in [6.45, 7) is 2.62. The summed E-state index contributed by atoms with van der Waals surface area (Å²) in [4.78, 5) is 32.6. The van der Waals surface area contributed by atoms with Crippen LogP contribution in [0.1, 0.15) is 55.6 Å². The van der Waals surface area contributed by atoms with Gasteiger partial charge < -0.3 is 4.57 Å². The van der Waals surface area contributed by atoms with Gasteiger partial charge in [-0.1, -0.05) is 54.6 Å². The van der Waals surface area contributed by atoms with Crippen LogP contribution in [-0.2, 0) is 24.7 Å². The smallest absolute Gasteiger partial charge is 0.331 e. The number of imidazole rings is 1. The minimum Gasteiger partial charge on any atom is -0.331 e. The Morgan fingerprint density at radius 1 is 1.00 bits per heavy atom. The Morgan fingerprint density at radius 2 is 1.79 bits per heavy atom. The highest BCUT2D eigenvalue weighted by molar-refractivity contribution is 5.85. The van der Waals surface area contributed by atoms with Crippen molar-refractivity contribution in [3.05, 3.63) is 89.7 Å². The van der Waals surface area contributed by atoms with E-state index in [9.17, 15) is 9.59 Å². The van der Waals surface area contributed by atoms with Crippen molar-refractivity contribution in [2.24, 2.45) is 7.05 Å². The molecule has 0 bridgehead atoms. The number of fused-ring (bicyclic) bond motifs is 2. The number of rotatable bonds is 5. The van der Waals surface area contributed by atoms with Gasteiger partial charge in [0.2, 0.25) is 0 Å². The van der Waals surface area contributed by atoms with Gasteiger partial charge in [0, 0.05) is 26.3 Å². The van der Waals surface area contributed by atoms with Crippen LogP contribution < -0.4 is 5.32 Å². The molecular weight excluding hydrogens is 472 g/mol. The van der Waals surface area contributed by atoms with E-state index in [1.807, 2.05) is 49.5 Å². The van der Waals surface area contributed by atoms with Gasteiger partial charge in [0.15, 0.2) is 0 Å². The quantitative estimate of drug-likeness (QED) is 0.332. The van der Waals surface area contributed by atoms with Crippen molar-refractivity contribution in [2.45, 2.75) is 57.5 Å². The predicted molar refractivity (Wildman–Crippen MR) is 149 cm³/mol. The van der Waals surface area contributed by atoms with Crippen molar-refractivity contribution in [2.75, 3.05) is 6.54 Å². The number of hydrogen-bond acceptors (Lipinski definition) is 3. The summed E-state index contributed by atoms with van der Waals surface area (Å²) in [6.07, 6.45) is 4.38. The molecule has 194 valence electrons. The average molecular weight is 508 g/mol. The normalized spacial score (nSPS) is 22.5. The molecule has 1 saturated heterocycles. The number of urea groups is 1. The Morgan fingerprint density at radius 3 is 2.55 bits per heavy atom. The van der Waals surface area contributed by atoms with Crippen molar-refractivity contribution in [1.82, 2.24) is 14.9 Å². The molecule has 38 heavy (non-hydrogen) atoms. The molecular formula is C32H35N4O2+. The molecule has 3 atom stereocenters. The van der Waals surface area contributed by atoms with E-state index >= 15 is 0 Å². The molecule has 0 radical (unpaired) electrons. The molecule has 2 unspecified atom stereocenters. The second-order valence-corrected chi connectivity index (χ2v) is 10.9. The van der Waals surface area contributed by atoms with Crippen LogP contribution in [0.3, 0.4) is 0 Å². The first-order valence-electron chi connectivity index (χ1n) is 13.8. The van der Waals surface area contributed by atoms with Gasteiger partial charge in [-0.25, -0.2) is 14.6 Å². The van der Waals surface area contributed by atoms with Gasteiger partial charge in [-0.2, -0.15) is 4.48 Å². The van der Waals surface area contributed by atoms with Crippen LogP contribution >= 0.6 is 0 Å². The molecule has 6 rings (SSSR count). The lowest BCUT2D eigenvalue weighted by molar-refractivity contribution is -0.785. The van der Waals surface area contributed by atoms with Crippen LogP contribution in [0, 0.1) is 0 Å². The molecule has 3 aromatic carbocycles. The largest absolute Gasteiger partial charge is 0.424 e. The number of nitrogens with one attached hydrogen (secondary N) is 1. The topological polar surface area (TPSA) is 64.0 Å². The zero-order valence-corrected chi connectivity index (χ0v) is 22.2. The van der Waals surface area contributed by atoms with Crippen molar-refractivity contribution < 1.29 is 14.1 Å². The zero-order chi connectivity index (χ0) is 26.3. The first-order chi connectivity index (χ1) is 18.5. The fourth-order valence-electron chi connectivity index (χ4n) is 6.53. The van der Waals surface area contributed by atoms with Crippen LogP contribution in [0.25, 0.3) is 22.2 Å². The molecule has 6 nitrogen and oxygen atoms in total. The van der Waals surface area contributed by atoms with Gasteiger partial charge >= 0.3 is 11.9 Å². The van der Waals surface area contributed by atoms with Crippen molar-refractivity contribution in [3.8, 4) is 11.1 Å². The lowest BCUT2D eigenvalue weighted by atomic mass is 9.99. The molecule has 3 amide bonds. The fraction of sp³-hybridized carbons (Fsp3) is 0.344. The molecule has 2 aliphatic rings. The van der Waals surface area contributed by atoms with Crippen LogP contribution in [0.2, 0.25) is 0 Å². The second-order valence-electron chi connectivity index (χ2n) is 10.9. The monoisotopic (exact) mass is 507 g/mol. The summed E-state index contributed by atoms with van der Waals surface area (Å²) in [5.41, 5.74) is 6.77. The number of nitrogens with zero attached hydrogens (tertiary/aromatic N) is 3. The molecule has 1 fully saturated rings. The number of imide groups is 1. The molecule has 1 aromatic heterocycles. The van der Waals surface area contributed by atoms with Gasteiger partial charge in [-0.15, -0.1) is 0 Å². The standard InChI is InChI=1S/C32H34N4O2/c1-22-9-8-20-36(22,31(37)19-18-30-33-28-12-6-7-13-29(28)35(30)2)32(38)34-27-17-16-24-14-15-25(21-26(24)27)23-10-4-3-5-11-23/h3-7,10-15,21-22,27H,8-9,16-20H2,1-2H3/p+1/t22-,27?,36?/m1/s1. The number of benzene rings is 3. The van der Waals surface area contributed by atoms with E-state index in [4.69, 9.17) is 4.98 Å². The number of likely N-dealkylation sites (tertiary alicyclic amines) is 1. The highest BCUT2D eigenvalue weighted by Crippen LogP contribution is 2.36. The van der Waals surface area contributed by atoms with E-state index in [0.29, 0.717) is 19.4 Å². The highest BCUT2D eigenvalue weighted by atomic mass is 16.2. The minimum absolute atomic E-state index is 0.00388. The molecule has 1 aliphatic carbocycles. The van der Waals surface area contributed by atoms with Crippen molar-refractivity contribution in [1.29, 1.82) is 0 Å². The Bertz CT molecular complexity index is 1510. The Hall–Kier alpha value is -3.77. The maximum Gasteiger partial charge on any atom is 0.424 e. The maximum atomic E-state index is 14.0. The molecule has 2 heterocycles. The molecule has 4 aromatic rings. The number of carbonyl (C=O) groups excluding carboxylic acids is 2. The lowest BCUT2D eigenvalue weighted by Crippen LogP contribution is -2.63. The SMILES string of the molecule is C[C@@H]1CCC[N+]1(C(=O)CCc1nc2ccccc2n1C)C(=O)NC1CCc2ccc(-c3ccccc3)cc21. The van der Waals surface area contributed by atoms with Crippen molar-refractivity contribution in [3.63, 3.8) is 0 Å². The number of hydrogen-bond donors (Lipinski definition) is 1. The first-order valence-corrected chi connectivity index (χ1v) is 13.8. The number of para-hydroxylation sites is 2. The Balaban J connectivity index is 1.22. The maximum absolute atomic E-state index is 14.0. The number of aryl methyl sites for hydroxylation is 3. The average Bonchev–Trinajstić information content (AvgIpc) is 3.63. The van der Waals surface area contributed by atoms with Crippen LogP contribution in [0.4, 0.5) is 4.79 Å². The Kier molecular flexibility index (Phi) is 6.36. The van der Waals surface area contributed by atoms with E-state index in [1.165, 1.54) is 16.7 Å². The number of amides is 3. The van der Waals surface area contributed by atoms with E-state index in [2.05, 4.69) is 47.1 Å². The third kappa shape index (κ3) is 4.13. The summed E-state index contributed by atoms with van der Waals surface area (Å²) in [6, 6.07) is 24.7. The summed E-state index contributed by atoms with van der Waals surface area (Å²) in [7, 11) is 1.99. The first kappa shape index (κ1) is 24.6. The third-order valence-electron chi connectivity index (χ3n) is 8.76. The van der Waals surface area contributed by atoms with Gasteiger partial charge in [-0.05, 0) is 60.2 Å². The number of aromatic nitrogens is 2. The van der Waals surface area contributed by atoms with Crippen molar-refractivity contribution >= 4 is 23.0 Å². The lowest BCUT2D eigenvalue weighted by Gasteiger charge is -2.34. The summed E-state index contributed by atoms with van der Waals surface area (Å²) in [5.74, 6) is 0.874. The summed E-state index contributed by atoms with van der Waals surface area (Å²) < 4.78 is 1.95. The van der Waals surface area contributed by atoms with Crippen LogP contribution in [-0.4, -0.2) is 38.6 Å². The summed E-state index contributed by atoms with van der Waals surface area (Å²) >= 11 is 0. The zero-order valence-electron chi connectivity index (χ0n) is 22.2. The van der Waals surface area contributed by atoms with Gasteiger partial charge in [-0.3, -0.25) is 5.32 Å². The molecule has 6 heteroatoms. The second kappa shape index (κ2) is 9.84. The van der Waals surface area contributed by atoms with Crippen LogP contribution in [0.15, 0.2) is 72.8 Å². The molecule has 1 N–H and O–H groups in total. The fourth-order valence-corrected chi connectivity index (χ4v) is 6.53. The van der Waals surface area contributed by atoms with E-state index in [-0.39, 0.29) is 28.5 Å². The number of quaternary nitrogens is 1. The number of carbonyl (C=O) groups is 2. The van der Waals surface area contributed by atoms with Crippen LogP contribution in [0.5, 0.6) is 0 Å². The summed E-state index contributed by atoms with van der Waals surface area (Å²) in [5, 5.41) is 3.33. The van der Waals surface area contributed by atoms with Gasteiger partial charge in [0.25, 0.3) is 0 Å². The Labute approximate surface area is 223 Å². The van der Waals surface area contributed by atoms with Gasteiger partial charge in [0.05, 0.1) is 30.0 Å². The molecule has 0 spiro atoms. The third-order valence-corrected chi connectivity index (χ3v) is 8.76. The predicted octanol–water partition coefficient (Wildman–Crippen LogP) is 6.10. The van der Waals surface area contributed by atoms with E-state index in [0.717, 1.165) is 48.1 Å². The van der Waals surface area contributed by atoms with Gasteiger partial charge in [0.1, 0.15) is 11.9 Å². The molecule has 0 saturated carbocycles. The minimum atomic E-state index is -0.145. The molecule has 1 aliphatic heterocycles. The van der Waals surface area contributed by atoms with E-state index < -0.39 is 0 Å². The highest BCUT2D eigenvalue weighted by Gasteiger charge is 2.52.